The van der Waals surface area contributed by atoms with Crippen molar-refractivity contribution in [2.45, 2.75) is 25.4 Å². The number of halogens is 1. The van der Waals surface area contributed by atoms with Crippen LogP contribution in [0.4, 0.5) is 0 Å². The Bertz CT molecular complexity index is 264. The first-order valence-electron chi connectivity index (χ1n) is 5.75. The van der Waals surface area contributed by atoms with Crippen LogP contribution in [0.2, 0.25) is 0 Å². The van der Waals surface area contributed by atoms with E-state index in [-0.39, 0.29) is 29.9 Å². The van der Waals surface area contributed by atoms with Gasteiger partial charge in [-0.3, -0.25) is 4.79 Å². The number of hydrogen-bond donors (Lipinski definition) is 1. The van der Waals surface area contributed by atoms with Gasteiger partial charge in [0, 0.05) is 13.1 Å². The summed E-state index contributed by atoms with van der Waals surface area (Å²) in [5.41, 5.74) is 0.191. The van der Waals surface area contributed by atoms with Crippen LogP contribution >= 0.6 is 11.6 Å². The molecule has 0 aromatic heterocycles. The Labute approximate surface area is 101 Å². The van der Waals surface area contributed by atoms with E-state index in [0.29, 0.717) is 0 Å². The molecule has 1 N–H and O–H groups in total. The number of amides is 1. The summed E-state index contributed by atoms with van der Waals surface area (Å²) in [7, 11) is 0. The molecule has 1 spiro atoms. The Morgan fingerprint density at radius 3 is 2.69 bits per heavy atom. The third kappa shape index (κ3) is 2.34. The van der Waals surface area contributed by atoms with E-state index in [4.69, 9.17) is 21.4 Å². The van der Waals surface area contributed by atoms with E-state index < -0.39 is 0 Å². The number of hydrogen-bond acceptors (Lipinski definition) is 3. The van der Waals surface area contributed by atoms with Crippen molar-refractivity contribution in [3.63, 3.8) is 0 Å². The molecule has 2 aliphatic rings. The van der Waals surface area contributed by atoms with Crippen molar-refractivity contribution in [2.24, 2.45) is 5.41 Å². The fourth-order valence-corrected chi connectivity index (χ4v) is 2.85. The van der Waals surface area contributed by atoms with Gasteiger partial charge in [0.2, 0.25) is 5.91 Å². The van der Waals surface area contributed by atoms with Gasteiger partial charge in [-0.15, -0.1) is 11.6 Å². The zero-order valence-corrected chi connectivity index (χ0v) is 10.1. The van der Waals surface area contributed by atoms with Gasteiger partial charge in [0.25, 0.3) is 0 Å². The maximum absolute atomic E-state index is 11.4. The molecule has 2 aliphatic heterocycles. The summed E-state index contributed by atoms with van der Waals surface area (Å²) in [6.07, 6.45) is 2.85. The molecule has 0 saturated carbocycles. The van der Waals surface area contributed by atoms with Gasteiger partial charge in [0.05, 0.1) is 19.3 Å². The van der Waals surface area contributed by atoms with Gasteiger partial charge in [-0.1, -0.05) is 0 Å². The molecule has 0 aromatic rings. The molecule has 1 amide bonds. The van der Waals surface area contributed by atoms with Crippen LogP contribution in [0, 0.1) is 5.41 Å². The van der Waals surface area contributed by atoms with Crippen molar-refractivity contribution >= 4 is 17.5 Å². The van der Waals surface area contributed by atoms with E-state index in [1.54, 1.807) is 0 Å². The van der Waals surface area contributed by atoms with Crippen molar-refractivity contribution in [3.8, 4) is 0 Å². The summed E-state index contributed by atoms with van der Waals surface area (Å²) in [4.78, 5) is 13.2. The molecule has 92 valence electrons. The zero-order valence-electron chi connectivity index (χ0n) is 9.32. The number of carbonyl (C=O) groups excluding carboxylic acids is 1. The third-order valence-electron chi connectivity index (χ3n) is 3.78. The summed E-state index contributed by atoms with van der Waals surface area (Å²) >= 11 is 5.53. The molecule has 2 fully saturated rings. The minimum Gasteiger partial charge on any atom is -0.394 e. The predicted molar refractivity (Wildman–Crippen MR) is 60.4 cm³/mol. The van der Waals surface area contributed by atoms with Gasteiger partial charge in [0.15, 0.2) is 0 Å². The lowest BCUT2D eigenvalue weighted by Gasteiger charge is -2.38. The van der Waals surface area contributed by atoms with Crippen LogP contribution in [0.3, 0.4) is 0 Å². The van der Waals surface area contributed by atoms with Crippen molar-refractivity contribution in [3.05, 3.63) is 0 Å². The molecule has 16 heavy (non-hydrogen) atoms. The minimum atomic E-state index is -0.00437. The number of piperidine rings is 1. The number of aliphatic hydroxyl groups is 1. The first-order valence-corrected chi connectivity index (χ1v) is 6.29. The van der Waals surface area contributed by atoms with E-state index in [1.165, 1.54) is 0 Å². The largest absolute Gasteiger partial charge is 0.394 e. The smallest absolute Gasteiger partial charge is 0.237 e. The Morgan fingerprint density at radius 2 is 2.19 bits per heavy atom. The fraction of sp³-hybridized carbons (Fsp3) is 0.909. The number of nitrogens with zero attached hydrogens (tertiary/aromatic N) is 1. The van der Waals surface area contributed by atoms with Crippen molar-refractivity contribution in [1.82, 2.24) is 4.90 Å². The van der Waals surface area contributed by atoms with Crippen LogP contribution < -0.4 is 0 Å². The fourth-order valence-electron chi connectivity index (χ4n) is 2.68. The molecule has 0 radical (unpaired) electrons. The van der Waals surface area contributed by atoms with Gasteiger partial charge in [-0.2, -0.15) is 0 Å². The highest BCUT2D eigenvalue weighted by Gasteiger charge is 2.42. The van der Waals surface area contributed by atoms with Gasteiger partial charge in [-0.25, -0.2) is 0 Å². The standard InChI is InChI=1S/C11H18ClNO3/c12-6-10(15)13-3-1-11(2-4-13)5-9(7-14)16-8-11/h9,14H,1-8H2. The Hall–Kier alpha value is -0.320. The first-order chi connectivity index (χ1) is 7.69. The molecule has 5 heteroatoms. The number of aliphatic hydroxyl groups excluding tert-OH is 1. The van der Waals surface area contributed by atoms with Crippen LogP contribution in [-0.4, -0.2) is 54.2 Å². The van der Waals surface area contributed by atoms with E-state index >= 15 is 0 Å². The second-order valence-electron chi connectivity index (χ2n) is 4.83. The van der Waals surface area contributed by atoms with Gasteiger partial charge >= 0.3 is 0 Å². The summed E-state index contributed by atoms with van der Waals surface area (Å²) in [6, 6.07) is 0. The second kappa shape index (κ2) is 4.90. The Kier molecular flexibility index (Phi) is 3.72. The SMILES string of the molecule is O=C(CCl)N1CCC2(CC1)COC(CO)C2. The van der Waals surface area contributed by atoms with Crippen molar-refractivity contribution in [2.75, 3.05) is 32.2 Å². The lowest BCUT2D eigenvalue weighted by molar-refractivity contribution is -0.130. The second-order valence-corrected chi connectivity index (χ2v) is 5.10. The van der Waals surface area contributed by atoms with E-state index in [0.717, 1.165) is 39.0 Å². The number of carbonyl (C=O) groups is 1. The molecule has 1 atom stereocenters. The van der Waals surface area contributed by atoms with Crippen LogP contribution in [0.5, 0.6) is 0 Å². The van der Waals surface area contributed by atoms with E-state index in [1.807, 2.05) is 4.90 Å². The summed E-state index contributed by atoms with van der Waals surface area (Å²) in [5, 5.41) is 9.05. The van der Waals surface area contributed by atoms with Crippen LogP contribution in [0.1, 0.15) is 19.3 Å². The highest BCUT2D eigenvalue weighted by Crippen LogP contribution is 2.41. The summed E-state index contributed by atoms with van der Waals surface area (Å²) < 4.78 is 5.54. The Balaban J connectivity index is 1.87. The zero-order chi connectivity index (χ0) is 11.6. The lowest BCUT2D eigenvalue weighted by atomic mass is 9.77. The van der Waals surface area contributed by atoms with E-state index in [2.05, 4.69) is 0 Å². The third-order valence-corrected chi connectivity index (χ3v) is 4.01. The lowest BCUT2D eigenvalue weighted by Crippen LogP contribution is -2.44. The monoisotopic (exact) mass is 247 g/mol. The van der Waals surface area contributed by atoms with Crippen molar-refractivity contribution < 1.29 is 14.6 Å². The topological polar surface area (TPSA) is 49.8 Å². The normalized spacial score (nSPS) is 28.6. The minimum absolute atomic E-state index is 0.00437. The molecule has 1 unspecified atom stereocenters. The quantitative estimate of drug-likeness (QED) is 0.728. The summed E-state index contributed by atoms with van der Waals surface area (Å²) in [5.74, 6) is 0.0945. The molecule has 4 nitrogen and oxygen atoms in total. The average Bonchev–Trinajstić information content (AvgIpc) is 2.73. The van der Waals surface area contributed by atoms with Gasteiger partial charge in [0.1, 0.15) is 5.88 Å². The van der Waals surface area contributed by atoms with E-state index in [9.17, 15) is 4.79 Å². The average molecular weight is 248 g/mol. The van der Waals surface area contributed by atoms with Crippen LogP contribution in [0.25, 0.3) is 0 Å². The molecular formula is C11H18ClNO3. The molecule has 0 aromatic carbocycles. The number of ether oxygens (including phenoxy) is 1. The molecule has 0 aliphatic carbocycles. The summed E-state index contributed by atoms with van der Waals surface area (Å²) in [6.45, 7) is 2.37. The predicted octanol–water partition coefficient (Wildman–Crippen LogP) is 0.615. The van der Waals surface area contributed by atoms with Crippen molar-refractivity contribution in [1.29, 1.82) is 0 Å². The molecular weight excluding hydrogens is 230 g/mol. The van der Waals surface area contributed by atoms with Crippen LogP contribution in [-0.2, 0) is 9.53 Å². The Morgan fingerprint density at radius 1 is 1.50 bits per heavy atom. The van der Waals surface area contributed by atoms with Gasteiger partial charge in [-0.05, 0) is 24.7 Å². The highest BCUT2D eigenvalue weighted by atomic mass is 35.5. The van der Waals surface area contributed by atoms with Crippen LogP contribution in [0.15, 0.2) is 0 Å². The molecule has 2 rings (SSSR count). The maximum Gasteiger partial charge on any atom is 0.237 e. The number of alkyl halides is 1. The maximum atomic E-state index is 11.4. The van der Waals surface area contributed by atoms with Gasteiger partial charge < -0.3 is 14.7 Å². The number of likely N-dealkylation sites (tertiary alicyclic amines) is 1. The molecule has 2 saturated heterocycles. The highest BCUT2D eigenvalue weighted by molar-refractivity contribution is 6.27. The molecule has 0 bridgehead atoms. The first kappa shape index (κ1) is 12.1. The number of rotatable bonds is 2. The molecule has 2 heterocycles.